The van der Waals surface area contributed by atoms with Crippen LogP contribution in [-0.4, -0.2) is 76.3 Å². The number of ether oxygens (including phenoxy) is 2. The van der Waals surface area contributed by atoms with Crippen molar-refractivity contribution in [3.8, 4) is 5.75 Å². The molecule has 1 saturated carbocycles. The van der Waals surface area contributed by atoms with Gasteiger partial charge < -0.3 is 14.4 Å². The van der Waals surface area contributed by atoms with Crippen LogP contribution in [0.2, 0.25) is 5.02 Å². The first-order valence-electron chi connectivity index (χ1n) is 13.6. The van der Waals surface area contributed by atoms with Gasteiger partial charge in [-0.15, -0.1) is 0 Å². The fourth-order valence-electron chi connectivity index (χ4n) is 5.76. The molecule has 2 saturated heterocycles. The van der Waals surface area contributed by atoms with Crippen LogP contribution in [0.3, 0.4) is 0 Å². The molecule has 1 aromatic carbocycles. The summed E-state index contributed by atoms with van der Waals surface area (Å²) in [6, 6.07) is 7.82. The van der Waals surface area contributed by atoms with Gasteiger partial charge in [0.25, 0.3) is 0 Å². The number of pyridine rings is 1. The Morgan fingerprint density at radius 1 is 1.03 bits per heavy atom. The zero-order valence-corrected chi connectivity index (χ0v) is 22.2. The minimum absolute atomic E-state index is 0.0413. The molecule has 10 heteroatoms. The predicted octanol–water partition coefficient (Wildman–Crippen LogP) is 4.62. The number of anilines is 2. The minimum Gasteiger partial charge on any atom is -0.489 e. The summed E-state index contributed by atoms with van der Waals surface area (Å²) < 4.78 is 11.9. The van der Waals surface area contributed by atoms with Crippen molar-refractivity contribution in [1.29, 1.82) is 0 Å². The van der Waals surface area contributed by atoms with Crippen LogP contribution < -0.4 is 9.75 Å². The second-order valence-corrected chi connectivity index (χ2v) is 10.6. The summed E-state index contributed by atoms with van der Waals surface area (Å²) in [6.07, 6.45) is 11.2. The van der Waals surface area contributed by atoms with E-state index in [0.717, 1.165) is 74.3 Å². The van der Waals surface area contributed by atoms with Crippen molar-refractivity contribution in [3.05, 3.63) is 48.0 Å². The van der Waals surface area contributed by atoms with Gasteiger partial charge in [0.15, 0.2) is 5.82 Å². The van der Waals surface area contributed by atoms with Crippen LogP contribution in [0, 0.1) is 5.92 Å². The van der Waals surface area contributed by atoms with Crippen LogP contribution in [0.25, 0.3) is 10.9 Å². The average Bonchev–Trinajstić information content (AvgIpc) is 3.51. The van der Waals surface area contributed by atoms with Crippen LogP contribution in [0.15, 0.2) is 43.0 Å². The smallest absolute Gasteiger partial charge is 0.225 e. The lowest BCUT2D eigenvalue weighted by atomic mass is 10.0. The second kappa shape index (κ2) is 11.4. The lowest BCUT2D eigenvalue weighted by Crippen LogP contribution is -2.47. The summed E-state index contributed by atoms with van der Waals surface area (Å²) in [6.45, 7) is 4.22. The number of hydrogen-bond acceptors (Lipinski definition) is 8. The monoisotopic (exact) mass is 536 g/mol. The van der Waals surface area contributed by atoms with E-state index in [1.165, 1.54) is 12.8 Å². The highest BCUT2D eigenvalue weighted by Gasteiger charge is 2.31. The molecule has 0 atom stereocenters. The number of aromatic nitrogens is 3. The summed E-state index contributed by atoms with van der Waals surface area (Å²) >= 11 is 6.80. The fraction of sp³-hybridized carbons (Fsp3) is 0.500. The van der Waals surface area contributed by atoms with Gasteiger partial charge in [-0.2, -0.15) is 0 Å². The van der Waals surface area contributed by atoms with E-state index < -0.39 is 0 Å². The van der Waals surface area contributed by atoms with Gasteiger partial charge >= 0.3 is 0 Å². The number of rotatable bonds is 6. The lowest BCUT2D eigenvalue weighted by Gasteiger charge is -2.38. The van der Waals surface area contributed by atoms with E-state index in [9.17, 15) is 4.79 Å². The predicted molar refractivity (Wildman–Crippen MR) is 146 cm³/mol. The molecular formula is C28H33ClN6O3. The van der Waals surface area contributed by atoms with E-state index in [1.54, 1.807) is 18.7 Å². The average molecular weight is 537 g/mol. The molecular weight excluding hydrogens is 504 g/mol. The number of hydrazine groups is 1. The van der Waals surface area contributed by atoms with E-state index in [-0.39, 0.29) is 12.0 Å². The molecule has 1 amide bonds. The first kappa shape index (κ1) is 25.3. The molecule has 0 N–H and O–H groups in total. The molecule has 1 aliphatic carbocycles. The largest absolute Gasteiger partial charge is 0.489 e. The SMILES string of the molecule is O=C(C1CCCC1)N1CCC(Oc2ccc(N(c3ncnc4cnccc34)N3CCOCC3)cc2Cl)CC1. The number of likely N-dealkylation sites (tertiary alicyclic amines) is 1. The molecule has 2 aromatic heterocycles. The molecule has 2 aliphatic heterocycles. The molecule has 3 aromatic rings. The van der Waals surface area contributed by atoms with Crippen molar-refractivity contribution in [2.45, 2.75) is 44.6 Å². The van der Waals surface area contributed by atoms with Gasteiger partial charge in [-0.25, -0.2) is 15.0 Å². The Bertz CT molecular complexity index is 1270. The Hall–Kier alpha value is -3.01. The van der Waals surface area contributed by atoms with Gasteiger partial charge in [-0.3, -0.25) is 14.8 Å². The second-order valence-electron chi connectivity index (χ2n) is 10.2. The molecule has 0 bridgehead atoms. The van der Waals surface area contributed by atoms with E-state index in [0.29, 0.717) is 29.9 Å². The number of morpholine rings is 1. The van der Waals surface area contributed by atoms with Crippen LogP contribution in [0.4, 0.5) is 11.5 Å². The molecule has 0 spiro atoms. The van der Waals surface area contributed by atoms with E-state index in [1.807, 2.05) is 29.2 Å². The van der Waals surface area contributed by atoms with Crippen molar-refractivity contribution in [1.82, 2.24) is 24.9 Å². The molecule has 0 unspecified atom stereocenters. The maximum Gasteiger partial charge on any atom is 0.225 e. The number of carbonyl (C=O) groups is 1. The molecule has 3 aliphatic rings. The molecule has 9 nitrogen and oxygen atoms in total. The maximum atomic E-state index is 12.8. The van der Waals surface area contributed by atoms with Crippen molar-refractivity contribution in [2.24, 2.45) is 5.92 Å². The number of benzene rings is 1. The highest BCUT2D eigenvalue weighted by Crippen LogP contribution is 2.37. The molecule has 3 fully saturated rings. The van der Waals surface area contributed by atoms with Crippen LogP contribution >= 0.6 is 11.6 Å². The van der Waals surface area contributed by atoms with Crippen molar-refractivity contribution < 1.29 is 14.3 Å². The van der Waals surface area contributed by atoms with E-state index >= 15 is 0 Å². The number of piperidine rings is 1. The number of nitrogens with zero attached hydrogens (tertiary/aromatic N) is 6. The topological polar surface area (TPSA) is 83.9 Å². The summed E-state index contributed by atoms with van der Waals surface area (Å²) in [5, 5.41) is 5.76. The van der Waals surface area contributed by atoms with E-state index in [4.69, 9.17) is 21.1 Å². The van der Waals surface area contributed by atoms with Gasteiger partial charge in [0.2, 0.25) is 5.91 Å². The third kappa shape index (κ3) is 5.28. The maximum absolute atomic E-state index is 12.8. The summed E-state index contributed by atoms with van der Waals surface area (Å²) in [5.41, 5.74) is 1.66. The lowest BCUT2D eigenvalue weighted by molar-refractivity contribution is -0.137. The zero-order chi connectivity index (χ0) is 25.9. The fourth-order valence-corrected chi connectivity index (χ4v) is 5.98. The number of hydrogen-bond donors (Lipinski definition) is 0. The normalized spacial score (nSPS) is 19.7. The molecule has 4 heterocycles. The van der Waals surface area contributed by atoms with Crippen LogP contribution in [-0.2, 0) is 9.53 Å². The van der Waals surface area contributed by atoms with Crippen LogP contribution in [0.1, 0.15) is 38.5 Å². The van der Waals surface area contributed by atoms with Crippen molar-refractivity contribution >= 4 is 39.9 Å². The van der Waals surface area contributed by atoms with Crippen molar-refractivity contribution in [2.75, 3.05) is 44.4 Å². The van der Waals surface area contributed by atoms with Gasteiger partial charge in [-0.1, -0.05) is 24.4 Å². The highest BCUT2D eigenvalue weighted by molar-refractivity contribution is 6.32. The van der Waals surface area contributed by atoms with Gasteiger partial charge in [0.1, 0.15) is 18.2 Å². The Morgan fingerprint density at radius 2 is 1.82 bits per heavy atom. The molecule has 6 rings (SSSR count). The van der Waals surface area contributed by atoms with Gasteiger partial charge in [0, 0.05) is 56.5 Å². The van der Waals surface area contributed by atoms with Crippen LogP contribution in [0.5, 0.6) is 5.75 Å². The first-order chi connectivity index (χ1) is 18.7. The number of halogens is 1. The third-order valence-corrected chi connectivity index (χ3v) is 8.10. The quantitative estimate of drug-likeness (QED) is 0.451. The minimum atomic E-state index is 0.0413. The molecule has 0 radical (unpaired) electrons. The van der Waals surface area contributed by atoms with Gasteiger partial charge in [-0.05, 0) is 37.1 Å². The number of amides is 1. The van der Waals surface area contributed by atoms with E-state index in [2.05, 4.69) is 25.0 Å². The third-order valence-electron chi connectivity index (χ3n) is 7.80. The zero-order valence-electron chi connectivity index (χ0n) is 21.5. The highest BCUT2D eigenvalue weighted by atomic mass is 35.5. The summed E-state index contributed by atoms with van der Waals surface area (Å²) in [7, 11) is 0. The first-order valence-corrected chi connectivity index (χ1v) is 14.0. The number of carbonyl (C=O) groups excluding carboxylic acids is 1. The standard InChI is InChI=1S/C28H33ClN6O3/c29-24-17-21(5-6-26(24)38-22-8-11-33(12-9-22)28(36)20-3-1-2-4-20)35(34-13-15-37-16-14-34)27-23-7-10-30-18-25(23)31-19-32-27/h5-7,10,17-20,22H,1-4,8-9,11-16H2. The Balaban J connectivity index is 1.19. The summed E-state index contributed by atoms with van der Waals surface area (Å²) in [4.78, 5) is 28.1. The Labute approximate surface area is 227 Å². The summed E-state index contributed by atoms with van der Waals surface area (Å²) in [5.74, 6) is 1.99. The Morgan fingerprint density at radius 3 is 2.58 bits per heavy atom. The van der Waals surface area contributed by atoms with Crippen molar-refractivity contribution in [3.63, 3.8) is 0 Å². The Kier molecular flexibility index (Phi) is 7.58. The molecule has 200 valence electrons. The molecule has 38 heavy (non-hydrogen) atoms. The number of fused-ring (bicyclic) bond motifs is 1. The van der Waals surface area contributed by atoms with Gasteiger partial charge in [0.05, 0.1) is 35.6 Å².